The summed E-state index contributed by atoms with van der Waals surface area (Å²) in [5.74, 6) is 0.695. The van der Waals surface area contributed by atoms with Crippen LogP contribution in [0.5, 0.6) is 0 Å². The molecule has 4 heteroatoms. The van der Waals surface area contributed by atoms with E-state index in [0.29, 0.717) is 11.8 Å². The summed E-state index contributed by atoms with van der Waals surface area (Å²) in [4.78, 5) is 0. The molecule has 0 saturated heterocycles. The maximum Gasteiger partial charge on any atom is 0.0693 e. The molecule has 13 heavy (non-hydrogen) atoms. The lowest BCUT2D eigenvalue weighted by Gasteiger charge is -2.23. The molecule has 4 unspecified atom stereocenters. The van der Waals surface area contributed by atoms with Crippen molar-refractivity contribution in [1.82, 2.24) is 5.32 Å². The van der Waals surface area contributed by atoms with Crippen LogP contribution < -0.4 is 5.32 Å². The summed E-state index contributed by atoms with van der Waals surface area (Å²) in [6.07, 6.45) is 1.91. The van der Waals surface area contributed by atoms with E-state index in [9.17, 15) is 4.21 Å². The molecule has 0 bridgehead atoms. The third-order valence-corrected chi connectivity index (χ3v) is 3.08. The lowest BCUT2D eigenvalue weighted by Crippen LogP contribution is -2.43. The first kappa shape index (κ1) is 13.1. The third kappa shape index (κ3) is 6.18. The van der Waals surface area contributed by atoms with Crippen LogP contribution in [0, 0.1) is 0 Å². The molecule has 0 aromatic carbocycles. The molecule has 0 radical (unpaired) electrons. The second kappa shape index (κ2) is 6.51. The summed E-state index contributed by atoms with van der Waals surface area (Å²) in [6, 6.07) is 0.571. The Morgan fingerprint density at radius 2 is 1.92 bits per heavy atom. The number of methoxy groups -OCH3 is 1. The van der Waals surface area contributed by atoms with Crippen LogP contribution >= 0.6 is 0 Å². The van der Waals surface area contributed by atoms with Gasteiger partial charge in [0.05, 0.1) is 6.10 Å². The van der Waals surface area contributed by atoms with Crippen LogP contribution in [0.2, 0.25) is 0 Å². The van der Waals surface area contributed by atoms with Gasteiger partial charge >= 0.3 is 0 Å². The molecule has 0 heterocycles. The van der Waals surface area contributed by atoms with Crippen molar-refractivity contribution in [1.29, 1.82) is 0 Å². The van der Waals surface area contributed by atoms with E-state index < -0.39 is 10.8 Å². The number of hydrogen-bond donors (Lipinski definition) is 1. The summed E-state index contributed by atoms with van der Waals surface area (Å²) >= 11 is 0. The molecule has 0 saturated carbocycles. The quantitative estimate of drug-likeness (QED) is 0.699. The molecule has 0 aliphatic rings. The van der Waals surface area contributed by atoms with E-state index in [1.54, 1.807) is 13.4 Å². The van der Waals surface area contributed by atoms with Crippen molar-refractivity contribution in [2.45, 2.75) is 39.0 Å². The van der Waals surface area contributed by atoms with Gasteiger partial charge in [0.2, 0.25) is 0 Å². The van der Waals surface area contributed by atoms with E-state index in [1.165, 1.54) is 0 Å². The van der Waals surface area contributed by atoms with Crippen molar-refractivity contribution >= 4 is 10.8 Å². The van der Waals surface area contributed by atoms with E-state index in [0.717, 1.165) is 0 Å². The van der Waals surface area contributed by atoms with Gasteiger partial charge in [0.15, 0.2) is 0 Å². The van der Waals surface area contributed by atoms with Gasteiger partial charge in [-0.2, -0.15) is 0 Å². The van der Waals surface area contributed by atoms with Gasteiger partial charge in [0.1, 0.15) is 0 Å². The molecule has 0 amide bonds. The molecule has 3 nitrogen and oxygen atoms in total. The predicted octanol–water partition coefficient (Wildman–Crippen LogP) is 0.766. The highest BCUT2D eigenvalue weighted by Crippen LogP contribution is 1.98. The highest BCUT2D eigenvalue weighted by molar-refractivity contribution is 7.84. The maximum atomic E-state index is 10.9. The average Bonchev–Trinajstić information content (AvgIpc) is 2.01. The first-order valence-electron chi connectivity index (χ1n) is 4.56. The molecule has 0 aromatic heterocycles. The lowest BCUT2D eigenvalue weighted by molar-refractivity contribution is 0.0861. The van der Waals surface area contributed by atoms with Crippen LogP contribution in [0.15, 0.2) is 0 Å². The Morgan fingerprint density at radius 1 is 1.38 bits per heavy atom. The fraction of sp³-hybridized carbons (Fsp3) is 1.00. The van der Waals surface area contributed by atoms with E-state index in [4.69, 9.17) is 4.74 Å². The highest BCUT2D eigenvalue weighted by atomic mass is 32.2. The minimum atomic E-state index is -0.731. The van der Waals surface area contributed by atoms with Crippen molar-refractivity contribution in [3.05, 3.63) is 0 Å². The van der Waals surface area contributed by atoms with Gasteiger partial charge in [-0.1, -0.05) is 0 Å². The van der Waals surface area contributed by atoms with Gasteiger partial charge in [0.25, 0.3) is 0 Å². The molecule has 0 aliphatic heterocycles. The van der Waals surface area contributed by atoms with Gasteiger partial charge in [-0.25, -0.2) is 0 Å². The second-order valence-corrected chi connectivity index (χ2v) is 5.02. The molecule has 80 valence electrons. The first-order valence-corrected chi connectivity index (χ1v) is 6.29. The van der Waals surface area contributed by atoms with Crippen LogP contribution in [0.25, 0.3) is 0 Å². The van der Waals surface area contributed by atoms with Gasteiger partial charge in [0, 0.05) is 42.0 Å². The van der Waals surface area contributed by atoms with Crippen LogP contribution in [0.3, 0.4) is 0 Å². The first-order chi connectivity index (χ1) is 5.97. The van der Waals surface area contributed by atoms with E-state index in [-0.39, 0.29) is 12.1 Å². The fourth-order valence-corrected chi connectivity index (χ4v) is 1.99. The van der Waals surface area contributed by atoms with Crippen LogP contribution in [0.1, 0.15) is 20.8 Å². The van der Waals surface area contributed by atoms with Gasteiger partial charge < -0.3 is 10.1 Å². The molecule has 0 rings (SSSR count). The molecular weight excluding hydrogens is 186 g/mol. The number of rotatable bonds is 6. The Balaban J connectivity index is 3.76. The molecule has 0 aromatic rings. The Kier molecular flexibility index (Phi) is 6.55. The summed E-state index contributed by atoms with van der Waals surface area (Å²) in [7, 11) is 0.969. The summed E-state index contributed by atoms with van der Waals surface area (Å²) in [5.41, 5.74) is 0. The second-order valence-electron chi connectivity index (χ2n) is 3.54. The molecular formula is C9H21NO2S. The van der Waals surface area contributed by atoms with Crippen molar-refractivity contribution < 1.29 is 8.95 Å². The van der Waals surface area contributed by atoms with Crippen LogP contribution in [0.4, 0.5) is 0 Å². The maximum absolute atomic E-state index is 10.9. The van der Waals surface area contributed by atoms with Gasteiger partial charge in [-0.15, -0.1) is 0 Å². The smallest absolute Gasteiger partial charge is 0.0693 e. The zero-order valence-corrected chi connectivity index (χ0v) is 9.98. The monoisotopic (exact) mass is 207 g/mol. The van der Waals surface area contributed by atoms with Gasteiger partial charge in [-0.05, 0) is 20.8 Å². The lowest BCUT2D eigenvalue weighted by atomic mass is 10.2. The highest BCUT2D eigenvalue weighted by Gasteiger charge is 2.14. The van der Waals surface area contributed by atoms with Gasteiger partial charge in [-0.3, -0.25) is 4.21 Å². The molecule has 0 fully saturated rings. The van der Waals surface area contributed by atoms with E-state index >= 15 is 0 Å². The van der Waals surface area contributed by atoms with E-state index in [1.807, 2.05) is 13.8 Å². The fourth-order valence-electron chi connectivity index (χ4n) is 1.19. The van der Waals surface area contributed by atoms with Crippen molar-refractivity contribution in [2.75, 3.05) is 19.1 Å². The molecule has 0 spiro atoms. The van der Waals surface area contributed by atoms with Crippen molar-refractivity contribution in [3.63, 3.8) is 0 Å². The van der Waals surface area contributed by atoms with E-state index in [2.05, 4.69) is 12.2 Å². The number of ether oxygens (including phenoxy) is 1. The molecule has 0 aliphatic carbocycles. The minimum absolute atomic E-state index is 0.188. The Bertz CT molecular complexity index is 164. The Labute approximate surface area is 83.7 Å². The summed E-state index contributed by atoms with van der Waals surface area (Å²) < 4.78 is 16.1. The van der Waals surface area contributed by atoms with Crippen LogP contribution in [-0.2, 0) is 15.5 Å². The summed E-state index contributed by atoms with van der Waals surface area (Å²) in [5, 5.41) is 3.34. The number of nitrogens with one attached hydrogen (secondary N) is 1. The number of hydrogen-bond acceptors (Lipinski definition) is 3. The minimum Gasteiger partial charge on any atom is -0.380 e. The average molecular weight is 207 g/mol. The largest absolute Gasteiger partial charge is 0.380 e. The topological polar surface area (TPSA) is 38.3 Å². The van der Waals surface area contributed by atoms with Crippen molar-refractivity contribution in [2.24, 2.45) is 0 Å². The standard InChI is InChI=1S/C9H21NO2S/c1-7(6-13(5)11)10-8(2)9(3)12-4/h7-10H,6H2,1-5H3. The van der Waals surface area contributed by atoms with Crippen LogP contribution in [-0.4, -0.2) is 41.5 Å². The molecule has 4 atom stereocenters. The normalized spacial score (nSPS) is 20.7. The predicted molar refractivity (Wildman–Crippen MR) is 57.5 cm³/mol. The zero-order valence-electron chi connectivity index (χ0n) is 9.16. The Morgan fingerprint density at radius 3 is 2.31 bits per heavy atom. The molecule has 1 N–H and O–H groups in total. The summed E-state index contributed by atoms with van der Waals surface area (Å²) in [6.45, 7) is 6.14. The van der Waals surface area contributed by atoms with Crippen molar-refractivity contribution in [3.8, 4) is 0 Å². The zero-order chi connectivity index (χ0) is 10.4. The Hall–Kier alpha value is 0.0700. The SMILES string of the molecule is COC(C)C(C)NC(C)CS(C)=O. The third-order valence-electron chi connectivity index (χ3n) is 2.11.